The third-order valence-corrected chi connectivity index (χ3v) is 5.78. The van der Waals surface area contributed by atoms with E-state index in [-0.39, 0.29) is 17.9 Å². The third-order valence-electron chi connectivity index (χ3n) is 5.78. The minimum atomic E-state index is -0.0433. The summed E-state index contributed by atoms with van der Waals surface area (Å²) in [4.78, 5) is 26.2. The van der Waals surface area contributed by atoms with Gasteiger partial charge >= 0.3 is 0 Å². The van der Waals surface area contributed by atoms with Crippen molar-refractivity contribution < 1.29 is 9.59 Å². The maximum Gasteiger partial charge on any atom is 0.227 e. The number of aryl methyl sites for hydroxylation is 1. The second-order valence-corrected chi connectivity index (χ2v) is 8.20. The fourth-order valence-corrected chi connectivity index (χ4v) is 4.03. The Kier molecular flexibility index (Phi) is 6.97. The number of benzene rings is 3. The van der Waals surface area contributed by atoms with Crippen molar-refractivity contribution in [3.8, 4) is 0 Å². The Hall–Kier alpha value is -3.44. The molecule has 2 amide bonds. The smallest absolute Gasteiger partial charge is 0.227 e. The van der Waals surface area contributed by atoms with Crippen molar-refractivity contribution in [1.29, 1.82) is 0 Å². The second-order valence-electron chi connectivity index (χ2n) is 8.20. The minimum absolute atomic E-state index is 0.0295. The fourth-order valence-electron chi connectivity index (χ4n) is 4.03. The quantitative estimate of drug-likeness (QED) is 0.541. The van der Waals surface area contributed by atoms with Crippen LogP contribution in [0, 0.1) is 6.92 Å². The van der Waals surface area contributed by atoms with E-state index in [4.69, 9.17) is 0 Å². The molecule has 2 N–H and O–H groups in total. The van der Waals surface area contributed by atoms with Crippen LogP contribution in [0.1, 0.15) is 42.0 Å². The predicted molar refractivity (Wildman–Crippen MR) is 129 cm³/mol. The highest BCUT2D eigenvalue weighted by Gasteiger charge is 2.21. The lowest BCUT2D eigenvalue weighted by atomic mass is 9.98. The van der Waals surface area contributed by atoms with Gasteiger partial charge in [0.2, 0.25) is 11.8 Å². The summed E-state index contributed by atoms with van der Waals surface area (Å²) < 4.78 is 0. The SMILES string of the molecule is Cc1ccc([C@@H](NCCC(=O)Nc2ccc(N3CCCC3=O)cc2)c2ccccc2)cc1. The third kappa shape index (κ3) is 5.42. The molecule has 0 aromatic heterocycles. The summed E-state index contributed by atoms with van der Waals surface area (Å²) in [6.07, 6.45) is 1.87. The van der Waals surface area contributed by atoms with Gasteiger partial charge in [-0.05, 0) is 48.7 Å². The van der Waals surface area contributed by atoms with Crippen LogP contribution < -0.4 is 15.5 Å². The number of carbonyl (C=O) groups excluding carboxylic acids is 2. The zero-order valence-electron chi connectivity index (χ0n) is 18.4. The first-order valence-corrected chi connectivity index (χ1v) is 11.2. The Balaban J connectivity index is 1.33. The van der Waals surface area contributed by atoms with Crippen LogP contribution in [-0.2, 0) is 9.59 Å². The van der Waals surface area contributed by atoms with E-state index in [1.807, 2.05) is 42.5 Å². The van der Waals surface area contributed by atoms with Crippen LogP contribution in [-0.4, -0.2) is 24.9 Å². The molecule has 0 unspecified atom stereocenters. The maximum absolute atomic E-state index is 12.5. The molecule has 1 aliphatic heterocycles. The molecule has 0 bridgehead atoms. The molecule has 0 spiro atoms. The summed E-state index contributed by atoms with van der Waals surface area (Å²) in [7, 11) is 0. The second kappa shape index (κ2) is 10.2. The molecule has 5 nitrogen and oxygen atoms in total. The number of amides is 2. The molecule has 4 rings (SSSR count). The van der Waals surface area contributed by atoms with Gasteiger partial charge in [0.25, 0.3) is 0 Å². The molecule has 0 radical (unpaired) electrons. The van der Waals surface area contributed by atoms with Crippen LogP contribution >= 0.6 is 0 Å². The summed E-state index contributed by atoms with van der Waals surface area (Å²) in [6.45, 7) is 3.40. The van der Waals surface area contributed by atoms with Gasteiger partial charge in [-0.2, -0.15) is 0 Å². The molecule has 32 heavy (non-hydrogen) atoms. The monoisotopic (exact) mass is 427 g/mol. The lowest BCUT2D eigenvalue weighted by molar-refractivity contribution is -0.117. The molecule has 1 saturated heterocycles. The highest BCUT2D eigenvalue weighted by Crippen LogP contribution is 2.24. The van der Waals surface area contributed by atoms with Gasteiger partial charge in [0, 0.05) is 37.3 Å². The van der Waals surface area contributed by atoms with Gasteiger partial charge in [-0.1, -0.05) is 60.2 Å². The van der Waals surface area contributed by atoms with E-state index in [2.05, 4.69) is 54.0 Å². The summed E-state index contributed by atoms with van der Waals surface area (Å²) in [5, 5.41) is 6.48. The molecular formula is C27H29N3O2. The number of carbonyl (C=O) groups is 2. The van der Waals surface area contributed by atoms with E-state index in [0.717, 1.165) is 24.3 Å². The van der Waals surface area contributed by atoms with E-state index >= 15 is 0 Å². The lowest BCUT2D eigenvalue weighted by Crippen LogP contribution is -2.27. The van der Waals surface area contributed by atoms with Crippen molar-refractivity contribution in [1.82, 2.24) is 5.32 Å². The van der Waals surface area contributed by atoms with Gasteiger partial charge in [-0.25, -0.2) is 0 Å². The molecule has 0 aliphatic carbocycles. The van der Waals surface area contributed by atoms with Gasteiger partial charge < -0.3 is 15.5 Å². The number of hydrogen-bond donors (Lipinski definition) is 2. The van der Waals surface area contributed by atoms with Gasteiger partial charge in [-0.15, -0.1) is 0 Å². The summed E-state index contributed by atoms with van der Waals surface area (Å²) >= 11 is 0. The molecule has 3 aromatic rings. The normalized spacial score (nSPS) is 14.4. The van der Waals surface area contributed by atoms with Crippen molar-refractivity contribution in [2.45, 2.75) is 32.2 Å². The molecule has 1 fully saturated rings. The van der Waals surface area contributed by atoms with E-state index in [0.29, 0.717) is 19.4 Å². The Morgan fingerprint density at radius 1 is 0.938 bits per heavy atom. The fraction of sp³-hybridized carbons (Fsp3) is 0.259. The molecule has 1 heterocycles. The minimum Gasteiger partial charge on any atom is -0.326 e. The number of rotatable bonds is 8. The van der Waals surface area contributed by atoms with Crippen molar-refractivity contribution in [3.63, 3.8) is 0 Å². The summed E-state index contributed by atoms with van der Waals surface area (Å²) in [5.74, 6) is 0.118. The Labute approximate surface area is 189 Å². The van der Waals surface area contributed by atoms with Crippen molar-refractivity contribution in [3.05, 3.63) is 95.6 Å². The zero-order chi connectivity index (χ0) is 22.3. The number of hydrogen-bond acceptors (Lipinski definition) is 3. The van der Waals surface area contributed by atoms with Gasteiger partial charge in [-0.3, -0.25) is 9.59 Å². The van der Waals surface area contributed by atoms with Crippen LogP contribution in [0.15, 0.2) is 78.9 Å². The van der Waals surface area contributed by atoms with Crippen LogP contribution in [0.4, 0.5) is 11.4 Å². The molecule has 5 heteroatoms. The largest absolute Gasteiger partial charge is 0.326 e. The Morgan fingerprint density at radius 3 is 2.28 bits per heavy atom. The topological polar surface area (TPSA) is 61.4 Å². The van der Waals surface area contributed by atoms with Gasteiger partial charge in [0.05, 0.1) is 6.04 Å². The van der Waals surface area contributed by atoms with E-state index in [1.54, 1.807) is 4.90 Å². The van der Waals surface area contributed by atoms with E-state index < -0.39 is 0 Å². The molecule has 0 saturated carbocycles. The first kappa shape index (κ1) is 21.8. The highest BCUT2D eigenvalue weighted by molar-refractivity contribution is 5.96. The summed E-state index contributed by atoms with van der Waals surface area (Å²) in [5.41, 5.74) is 5.19. The maximum atomic E-state index is 12.5. The Morgan fingerprint density at radius 2 is 1.62 bits per heavy atom. The molecule has 164 valence electrons. The number of nitrogens with zero attached hydrogens (tertiary/aromatic N) is 1. The number of anilines is 2. The van der Waals surface area contributed by atoms with Crippen LogP contribution in [0.5, 0.6) is 0 Å². The van der Waals surface area contributed by atoms with Crippen molar-refractivity contribution >= 4 is 23.2 Å². The van der Waals surface area contributed by atoms with Crippen LogP contribution in [0.2, 0.25) is 0 Å². The molecule has 3 aromatic carbocycles. The van der Waals surface area contributed by atoms with Gasteiger partial charge in [0.15, 0.2) is 0 Å². The first-order valence-electron chi connectivity index (χ1n) is 11.2. The first-order chi connectivity index (χ1) is 15.6. The molecular weight excluding hydrogens is 398 g/mol. The zero-order valence-corrected chi connectivity index (χ0v) is 18.4. The van der Waals surface area contributed by atoms with E-state index in [1.165, 1.54) is 16.7 Å². The van der Waals surface area contributed by atoms with Crippen molar-refractivity contribution in [2.75, 3.05) is 23.3 Å². The molecule has 1 atom stereocenters. The predicted octanol–water partition coefficient (Wildman–Crippen LogP) is 4.83. The standard InChI is InChI=1S/C27H29N3O2/c1-20-9-11-22(12-10-20)27(21-6-3-2-4-7-21)28-18-17-25(31)29-23-13-15-24(16-14-23)30-19-5-8-26(30)32/h2-4,6-7,9-16,27-28H,5,8,17-19H2,1H3,(H,29,31)/t27-/m0/s1. The Bertz CT molecular complexity index is 1050. The lowest BCUT2D eigenvalue weighted by Gasteiger charge is -2.20. The van der Waals surface area contributed by atoms with Gasteiger partial charge in [0.1, 0.15) is 0 Å². The van der Waals surface area contributed by atoms with Crippen molar-refractivity contribution in [2.24, 2.45) is 0 Å². The van der Waals surface area contributed by atoms with Crippen LogP contribution in [0.25, 0.3) is 0 Å². The number of nitrogens with one attached hydrogen (secondary N) is 2. The summed E-state index contributed by atoms with van der Waals surface area (Å²) in [6, 6.07) is 26.3. The average molecular weight is 428 g/mol. The van der Waals surface area contributed by atoms with Crippen LogP contribution in [0.3, 0.4) is 0 Å². The highest BCUT2D eigenvalue weighted by atomic mass is 16.2. The molecule has 1 aliphatic rings. The van der Waals surface area contributed by atoms with E-state index in [9.17, 15) is 9.59 Å². The average Bonchev–Trinajstić information content (AvgIpc) is 3.24.